The Morgan fingerprint density at radius 2 is 1.88 bits per heavy atom. The summed E-state index contributed by atoms with van der Waals surface area (Å²) in [6.45, 7) is 0.771. The summed E-state index contributed by atoms with van der Waals surface area (Å²) >= 11 is 0. The van der Waals surface area contributed by atoms with E-state index in [0.29, 0.717) is 18.8 Å². The number of hydrogen-bond acceptors (Lipinski definition) is 5. The topological polar surface area (TPSA) is 95.1 Å². The first kappa shape index (κ1) is 16.5. The maximum absolute atomic E-state index is 12.4. The van der Waals surface area contributed by atoms with Crippen LogP contribution in [0.25, 0.3) is 0 Å². The summed E-state index contributed by atoms with van der Waals surface area (Å²) in [5.41, 5.74) is 8.04. The van der Waals surface area contributed by atoms with Crippen LogP contribution in [-0.2, 0) is 13.1 Å². The molecule has 3 aromatic rings. The Labute approximate surface area is 145 Å². The van der Waals surface area contributed by atoms with Crippen molar-refractivity contribution in [2.75, 3.05) is 12.8 Å². The number of carbonyl (C=O) groups excluding carboxylic acids is 1. The molecule has 1 heterocycles. The van der Waals surface area contributed by atoms with Crippen LogP contribution in [0.4, 0.5) is 5.82 Å². The van der Waals surface area contributed by atoms with Crippen molar-refractivity contribution >= 4 is 11.7 Å². The molecule has 0 unspecified atom stereocenters. The molecule has 0 saturated carbocycles. The first-order valence-corrected chi connectivity index (χ1v) is 7.82. The van der Waals surface area contributed by atoms with Crippen LogP contribution < -0.4 is 15.8 Å². The van der Waals surface area contributed by atoms with E-state index in [4.69, 9.17) is 10.5 Å². The second-order valence-corrected chi connectivity index (χ2v) is 5.46. The summed E-state index contributed by atoms with van der Waals surface area (Å²) < 4.78 is 6.78. The lowest BCUT2D eigenvalue weighted by atomic mass is 10.2. The van der Waals surface area contributed by atoms with Crippen molar-refractivity contribution in [1.29, 1.82) is 0 Å². The normalized spacial score (nSPS) is 10.4. The summed E-state index contributed by atoms with van der Waals surface area (Å²) in [4.78, 5) is 12.4. The molecule has 0 saturated heterocycles. The number of hydrogen-bond donors (Lipinski definition) is 2. The summed E-state index contributed by atoms with van der Waals surface area (Å²) in [5.74, 6) is 0.576. The molecular formula is C18H19N5O2. The van der Waals surface area contributed by atoms with E-state index < -0.39 is 0 Å². The fourth-order valence-electron chi connectivity index (χ4n) is 2.46. The molecule has 3 rings (SSSR count). The van der Waals surface area contributed by atoms with Crippen LogP contribution in [0.15, 0.2) is 54.6 Å². The molecule has 0 aliphatic rings. The number of carbonyl (C=O) groups is 1. The number of nitrogens with one attached hydrogen (secondary N) is 1. The van der Waals surface area contributed by atoms with Crippen molar-refractivity contribution in [2.24, 2.45) is 0 Å². The van der Waals surface area contributed by atoms with Crippen molar-refractivity contribution < 1.29 is 9.53 Å². The van der Waals surface area contributed by atoms with Crippen molar-refractivity contribution in [1.82, 2.24) is 20.3 Å². The highest BCUT2D eigenvalue weighted by molar-refractivity contribution is 5.96. The Morgan fingerprint density at radius 3 is 2.64 bits per heavy atom. The minimum absolute atomic E-state index is 0.117. The first-order chi connectivity index (χ1) is 12.2. The number of ether oxygens (including phenoxy) is 1. The molecule has 0 aliphatic heterocycles. The molecule has 0 fully saturated rings. The van der Waals surface area contributed by atoms with Crippen LogP contribution in [0.5, 0.6) is 5.75 Å². The van der Waals surface area contributed by atoms with Gasteiger partial charge in [0.15, 0.2) is 11.5 Å². The smallest absolute Gasteiger partial charge is 0.275 e. The van der Waals surface area contributed by atoms with Crippen molar-refractivity contribution in [2.45, 2.75) is 13.1 Å². The number of nitrogens with zero attached hydrogens (tertiary/aromatic N) is 3. The van der Waals surface area contributed by atoms with Gasteiger partial charge in [-0.2, -0.15) is 0 Å². The largest absolute Gasteiger partial charge is 0.496 e. The highest BCUT2D eigenvalue weighted by Crippen LogP contribution is 2.17. The van der Waals surface area contributed by atoms with Crippen LogP contribution >= 0.6 is 0 Å². The van der Waals surface area contributed by atoms with Crippen molar-refractivity contribution in [3.05, 3.63) is 71.4 Å². The standard InChI is InChI=1S/C18H19N5O2/c1-25-15-10-6-5-9-14(15)11-20-18(24)16-17(19)23(22-21-16)12-13-7-3-2-4-8-13/h2-10H,11-12,19H2,1H3,(H,20,24). The van der Waals surface area contributed by atoms with Crippen molar-refractivity contribution in [3.8, 4) is 5.75 Å². The van der Waals surface area contributed by atoms with E-state index in [-0.39, 0.29) is 17.4 Å². The molecule has 128 valence electrons. The third-order valence-electron chi connectivity index (χ3n) is 3.80. The number of benzene rings is 2. The Morgan fingerprint density at radius 1 is 1.16 bits per heavy atom. The Balaban J connectivity index is 1.69. The fraction of sp³-hybridized carbons (Fsp3) is 0.167. The summed E-state index contributed by atoms with van der Waals surface area (Å²) in [5, 5.41) is 10.7. The molecule has 0 aliphatic carbocycles. The van der Waals surface area contributed by atoms with E-state index in [1.807, 2.05) is 54.6 Å². The Kier molecular flexibility index (Phi) is 4.94. The van der Waals surface area contributed by atoms with E-state index in [9.17, 15) is 4.79 Å². The molecule has 3 N–H and O–H groups in total. The highest BCUT2D eigenvalue weighted by atomic mass is 16.5. The minimum atomic E-state index is -0.372. The van der Waals surface area contributed by atoms with Gasteiger partial charge in [-0.25, -0.2) is 4.68 Å². The third-order valence-corrected chi connectivity index (χ3v) is 3.80. The first-order valence-electron chi connectivity index (χ1n) is 7.82. The van der Waals surface area contributed by atoms with Crippen LogP contribution in [0.2, 0.25) is 0 Å². The number of methoxy groups -OCH3 is 1. The molecule has 0 spiro atoms. The number of aromatic nitrogens is 3. The lowest BCUT2D eigenvalue weighted by Gasteiger charge is -2.09. The van der Waals surface area contributed by atoms with Crippen LogP contribution in [0.3, 0.4) is 0 Å². The summed E-state index contributed by atoms with van der Waals surface area (Å²) in [7, 11) is 1.59. The van der Waals surface area contributed by atoms with Gasteiger partial charge in [-0.3, -0.25) is 4.79 Å². The van der Waals surface area contributed by atoms with E-state index in [1.165, 1.54) is 4.68 Å². The quantitative estimate of drug-likeness (QED) is 0.716. The Bertz CT molecular complexity index is 861. The van der Waals surface area contributed by atoms with Gasteiger partial charge < -0.3 is 15.8 Å². The van der Waals surface area contributed by atoms with E-state index in [1.54, 1.807) is 7.11 Å². The van der Waals surface area contributed by atoms with Gasteiger partial charge in [0, 0.05) is 12.1 Å². The predicted octanol–water partition coefficient (Wildman–Crippen LogP) is 1.85. The lowest BCUT2D eigenvalue weighted by molar-refractivity contribution is 0.0946. The zero-order chi connectivity index (χ0) is 17.6. The van der Waals surface area contributed by atoms with Gasteiger partial charge in [-0.1, -0.05) is 53.7 Å². The number of para-hydroxylation sites is 1. The second kappa shape index (κ2) is 7.48. The van der Waals surface area contributed by atoms with Gasteiger partial charge in [-0.05, 0) is 11.6 Å². The number of nitrogen functional groups attached to an aromatic ring is 1. The van der Waals surface area contributed by atoms with Gasteiger partial charge in [0.25, 0.3) is 5.91 Å². The lowest BCUT2D eigenvalue weighted by Crippen LogP contribution is -2.24. The number of nitrogens with two attached hydrogens (primary N) is 1. The van der Waals surface area contributed by atoms with Gasteiger partial charge in [0.2, 0.25) is 0 Å². The number of rotatable bonds is 6. The summed E-state index contributed by atoms with van der Waals surface area (Å²) in [6, 6.07) is 17.2. The maximum atomic E-state index is 12.4. The minimum Gasteiger partial charge on any atom is -0.496 e. The van der Waals surface area contributed by atoms with E-state index in [2.05, 4.69) is 15.6 Å². The van der Waals surface area contributed by atoms with Gasteiger partial charge in [0.05, 0.1) is 13.7 Å². The molecule has 0 radical (unpaired) electrons. The molecule has 7 nitrogen and oxygen atoms in total. The molecule has 7 heteroatoms. The molecular weight excluding hydrogens is 318 g/mol. The summed E-state index contributed by atoms with van der Waals surface area (Å²) in [6.07, 6.45) is 0. The number of anilines is 1. The molecule has 1 aromatic heterocycles. The van der Waals surface area contributed by atoms with E-state index >= 15 is 0 Å². The van der Waals surface area contributed by atoms with Gasteiger partial charge in [-0.15, -0.1) is 5.10 Å². The molecule has 1 amide bonds. The van der Waals surface area contributed by atoms with Crippen LogP contribution in [0, 0.1) is 0 Å². The second-order valence-electron chi connectivity index (χ2n) is 5.46. The van der Waals surface area contributed by atoms with Gasteiger partial charge in [0.1, 0.15) is 5.75 Å². The average Bonchev–Trinajstić information content (AvgIpc) is 3.01. The monoisotopic (exact) mass is 337 g/mol. The van der Waals surface area contributed by atoms with E-state index in [0.717, 1.165) is 11.1 Å². The average molecular weight is 337 g/mol. The molecule has 25 heavy (non-hydrogen) atoms. The highest BCUT2D eigenvalue weighted by Gasteiger charge is 2.17. The Hall–Kier alpha value is -3.35. The van der Waals surface area contributed by atoms with Crippen LogP contribution in [0.1, 0.15) is 21.6 Å². The SMILES string of the molecule is COc1ccccc1CNC(=O)c1nnn(Cc2ccccc2)c1N. The molecule has 2 aromatic carbocycles. The van der Waals surface area contributed by atoms with Crippen LogP contribution in [-0.4, -0.2) is 28.0 Å². The zero-order valence-electron chi connectivity index (χ0n) is 13.8. The molecule has 0 bridgehead atoms. The zero-order valence-corrected chi connectivity index (χ0v) is 13.8. The van der Waals surface area contributed by atoms with Gasteiger partial charge >= 0.3 is 0 Å². The fourth-order valence-corrected chi connectivity index (χ4v) is 2.46. The third kappa shape index (κ3) is 3.77. The van der Waals surface area contributed by atoms with Crippen molar-refractivity contribution in [3.63, 3.8) is 0 Å². The predicted molar refractivity (Wildman–Crippen MR) is 94.1 cm³/mol. The maximum Gasteiger partial charge on any atom is 0.275 e. The number of amides is 1. The molecule has 0 atom stereocenters.